The molecule has 3 nitrogen and oxygen atoms in total. The lowest BCUT2D eigenvalue weighted by Crippen LogP contribution is -2.15. The fourth-order valence-corrected chi connectivity index (χ4v) is 0.605. The summed E-state index contributed by atoms with van der Waals surface area (Å²) in [5.41, 5.74) is 0. The highest BCUT2D eigenvalue weighted by Crippen LogP contribution is 2.48. The van der Waals surface area contributed by atoms with Gasteiger partial charge in [-0.2, -0.15) is 13.2 Å². The van der Waals surface area contributed by atoms with Crippen molar-refractivity contribution in [3.63, 3.8) is 0 Å². The quantitative estimate of drug-likeness (QED) is 0.690. The number of rotatable bonds is 2. The Hall–Kier alpha value is 0.230. The highest BCUT2D eigenvalue weighted by atomic mass is 35.7. The number of halogens is 4. The monoisotopic (exact) mass is 198 g/mol. The summed E-state index contributed by atoms with van der Waals surface area (Å²) < 4.78 is 46.7. The van der Waals surface area contributed by atoms with Crippen LogP contribution in [0.3, 0.4) is 0 Å². The Balaban J connectivity index is 3.67. The highest BCUT2D eigenvalue weighted by Gasteiger charge is 2.31. The summed E-state index contributed by atoms with van der Waals surface area (Å²) in [5, 5.41) is 0. The van der Waals surface area contributed by atoms with Crippen LogP contribution in [0.2, 0.25) is 0 Å². The standard InChI is InChI=1S/C2H3ClF3O3P/c3-10(7,8)9-1-2(4,5)6/h1H2,(H,7,8). The summed E-state index contributed by atoms with van der Waals surface area (Å²) in [6.45, 7) is -6.33. The summed E-state index contributed by atoms with van der Waals surface area (Å²) in [6.07, 6.45) is -4.63. The first-order valence-electron chi connectivity index (χ1n) is 1.94. The molecule has 0 amide bonds. The molecule has 0 radical (unpaired) electrons. The average Bonchev–Trinajstić information content (AvgIpc) is 1.57. The van der Waals surface area contributed by atoms with E-state index in [1.807, 2.05) is 0 Å². The van der Waals surface area contributed by atoms with Gasteiger partial charge in [0, 0.05) is 11.2 Å². The van der Waals surface area contributed by atoms with E-state index in [4.69, 9.17) is 4.89 Å². The van der Waals surface area contributed by atoms with Crippen LogP contribution in [0.5, 0.6) is 0 Å². The Morgan fingerprint density at radius 1 is 1.60 bits per heavy atom. The first-order chi connectivity index (χ1) is 4.21. The van der Waals surface area contributed by atoms with Crippen LogP contribution in [-0.2, 0) is 9.09 Å². The third-order valence-electron chi connectivity index (χ3n) is 0.387. The zero-order valence-electron chi connectivity index (χ0n) is 4.43. The van der Waals surface area contributed by atoms with E-state index >= 15 is 0 Å². The lowest BCUT2D eigenvalue weighted by Gasteiger charge is -2.06. The molecule has 0 spiro atoms. The molecule has 1 N–H and O–H groups in total. The molecule has 10 heavy (non-hydrogen) atoms. The van der Waals surface area contributed by atoms with Crippen molar-refractivity contribution < 1.29 is 27.2 Å². The van der Waals surface area contributed by atoms with Crippen LogP contribution < -0.4 is 0 Å². The minimum absolute atomic E-state index is 1.82. The molecule has 1 atom stereocenters. The Labute approximate surface area is 59.1 Å². The molecular weight excluding hydrogens is 195 g/mol. The third-order valence-corrected chi connectivity index (χ3v) is 1.13. The molecular formula is C2H3ClF3O3P. The van der Waals surface area contributed by atoms with Crippen LogP contribution in [0, 0.1) is 0 Å². The number of hydrogen-bond acceptors (Lipinski definition) is 2. The maximum Gasteiger partial charge on any atom is 0.421 e. The first-order valence-corrected chi connectivity index (χ1v) is 4.43. The first kappa shape index (κ1) is 10.2. The summed E-state index contributed by atoms with van der Waals surface area (Å²) >= 11 is 4.43. The van der Waals surface area contributed by atoms with Crippen molar-refractivity contribution in [2.24, 2.45) is 0 Å². The van der Waals surface area contributed by atoms with Gasteiger partial charge in [0.15, 0.2) is 6.61 Å². The second-order valence-corrected chi connectivity index (χ2v) is 3.78. The molecule has 0 rings (SSSR count). The number of alkyl halides is 3. The zero-order chi connectivity index (χ0) is 8.41. The van der Waals surface area contributed by atoms with E-state index in [0.29, 0.717) is 0 Å². The van der Waals surface area contributed by atoms with Crippen molar-refractivity contribution in [2.45, 2.75) is 6.18 Å². The lowest BCUT2D eigenvalue weighted by molar-refractivity contribution is -0.154. The molecule has 0 aromatic rings. The van der Waals surface area contributed by atoms with Gasteiger partial charge in [-0.25, -0.2) is 4.57 Å². The largest absolute Gasteiger partial charge is 0.421 e. The minimum atomic E-state index is -4.63. The van der Waals surface area contributed by atoms with Crippen molar-refractivity contribution in [2.75, 3.05) is 6.61 Å². The molecule has 8 heteroatoms. The SMILES string of the molecule is O=P(O)(Cl)OCC(F)(F)F. The fourth-order valence-electron chi connectivity index (χ4n) is 0.153. The van der Waals surface area contributed by atoms with Crippen molar-refractivity contribution in [1.82, 2.24) is 0 Å². The van der Waals surface area contributed by atoms with Crippen molar-refractivity contribution >= 4 is 18.2 Å². The summed E-state index contributed by atoms with van der Waals surface area (Å²) in [5.74, 6) is 0. The summed E-state index contributed by atoms with van der Waals surface area (Å²) in [7, 11) is 0. The molecule has 0 aliphatic rings. The van der Waals surface area contributed by atoms with Gasteiger partial charge in [-0.15, -0.1) is 0 Å². The van der Waals surface area contributed by atoms with Crippen molar-refractivity contribution in [3.05, 3.63) is 0 Å². The summed E-state index contributed by atoms with van der Waals surface area (Å²) in [4.78, 5) is 7.98. The topological polar surface area (TPSA) is 46.5 Å². The Morgan fingerprint density at radius 3 is 2.10 bits per heavy atom. The molecule has 0 bridgehead atoms. The lowest BCUT2D eigenvalue weighted by atomic mass is 10.7. The molecule has 0 aromatic heterocycles. The van der Waals surface area contributed by atoms with Crippen LogP contribution in [0.25, 0.3) is 0 Å². The molecule has 0 aromatic carbocycles. The van der Waals surface area contributed by atoms with Gasteiger partial charge in [0.05, 0.1) is 0 Å². The van der Waals surface area contributed by atoms with Crippen molar-refractivity contribution in [1.29, 1.82) is 0 Å². The van der Waals surface area contributed by atoms with Gasteiger partial charge in [-0.1, -0.05) is 0 Å². The third kappa shape index (κ3) is 8.23. The van der Waals surface area contributed by atoms with E-state index < -0.39 is 19.7 Å². The normalized spacial score (nSPS) is 18.5. The van der Waals surface area contributed by atoms with Gasteiger partial charge in [-0.3, -0.25) is 4.52 Å². The van der Waals surface area contributed by atoms with Gasteiger partial charge >= 0.3 is 13.1 Å². The Kier molecular flexibility index (Phi) is 3.16. The van der Waals surface area contributed by atoms with E-state index in [-0.39, 0.29) is 0 Å². The van der Waals surface area contributed by atoms with Gasteiger partial charge in [0.2, 0.25) is 0 Å². The molecule has 0 saturated carbocycles. The fraction of sp³-hybridized carbons (Fsp3) is 1.00. The smallest absolute Gasteiger partial charge is 0.313 e. The van der Waals surface area contributed by atoms with Crippen LogP contribution in [-0.4, -0.2) is 17.7 Å². The Morgan fingerprint density at radius 2 is 2.00 bits per heavy atom. The summed E-state index contributed by atoms with van der Waals surface area (Å²) in [6, 6.07) is 0. The molecule has 0 heterocycles. The molecule has 0 fully saturated rings. The average molecular weight is 198 g/mol. The van der Waals surface area contributed by atoms with Crippen LogP contribution >= 0.6 is 18.2 Å². The van der Waals surface area contributed by atoms with E-state index in [0.717, 1.165) is 0 Å². The van der Waals surface area contributed by atoms with Gasteiger partial charge < -0.3 is 4.89 Å². The minimum Gasteiger partial charge on any atom is -0.313 e. The maximum absolute atomic E-state index is 11.2. The maximum atomic E-state index is 11.2. The van der Waals surface area contributed by atoms with Crippen LogP contribution in [0.1, 0.15) is 0 Å². The Bertz CT molecular complexity index is 150. The molecule has 62 valence electrons. The van der Waals surface area contributed by atoms with Crippen LogP contribution in [0.15, 0.2) is 0 Å². The molecule has 0 aliphatic heterocycles. The van der Waals surface area contributed by atoms with E-state index in [9.17, 15) is 17.7 Å². The number of hydrogen-bond donors (Lipinski definition) is 1. The molecule has 0 aliphatic carbocycles. The second-order valence-electron chi connectivity index (χ2n) is 1.34. The molecule has 0 saturated heterocycles. The van der Waals surface area contributed by atoms with E-state index in [1.165, 1.54) is 0 Å². The molecule has 1 unspecified atom stereocenters. The van der Waals surface area contributed by atoms with Gasteiger partial charge in [0.25, 0.3) is 0 Å². The predicted octanol–water partition coefficient (Wildman–Crippen LogP) is 1.90. The van der Waals surface area contributed by atoms with Crippen LogP contribution in [0.4, 0.5) is 13.2 Å². The van der Waals surface area contributed by atoms with E-state index in [2.05, 4.69) is 15.8 Å². The van der Waals surface area contributed by atoms with Gasteiger partial charge in [-0.05, 0) is 0 Å². The van der Waals surface area contributed by atoms with Gasteiger partial charge in [0.1, 0.15) is 0 Å². The zero-order valence-corrected chi connectivity index (χ0v) is 6.08. The predicted molar refractivity (Wildman–Crippen MR) is 27.7 cm³/mol. The highest BCUT2D eigenvalue weighted by molar-refractivity contribution is 7.80. The van der Waals surface area contributed by atoms with E-state index in [1.54, 1.807) is 0 Å². The second kappa shape index (κ2) is 3.09. The van der Waals surface area contributed by atoms with Crippen molar-refractivity contribution in [3.8, 4) is 0 Å².